The van der Waals surface area contributed by atoms with Crippen molar-refractivity contribution in [1.29, 1.82) is 0 Å². The van der Waals surface area contributed by atoms with E-state index in [2.05, 4.69) is 46.4 Å². The molecule has 3 aromatic heterocycles. The molecule has 1 saturated heterocycles. The molecular formula is C22H26N6OS. The lowest BCUT2D eigenvalue weighted by Gasteiger charge is -2.44. The van der Waals surface area contributed by atoms with Crippen molar-refractivity contribution in [1.82, 2.24) is 20.3 Å². The van der Waals surface area contributed by atoms with E-state index in [9.17, 15) is 0 Å². The summed E-state index contributed by atoms with van der Waals surface area (Å²) in [6, 6.07) is 4.01. The molecule has 2 aliphatic heterocycles. The number of rotatable bonds is 4. The van der Waals surface area contributed by atoms with Crippen LogP contribution in [0.1, 0.15) is 32.8 Å². The van der Waals surface area contributed by atoms with Crippen molar-refractivity contribution in [2.45, 2.75) is 45.0 Å². The van der Waals surface area contributed by atoms with Gasteiger partial charge in [0.2, 0.25) is 0 Å². The lowest BCUT2D eigenvalue weighted by Crippen LogP contribution is -2.57. The van der Waals surface area contributed by atoms with Gasteiger partial charge in [-0.3, -0.25) is 15.3 Å². The van der Waals surface area contributed by atoms with Gasteiger partial charge in [-0.2, -0.15) is 0 Å². The Bertz CT molecular complexity index is 1220. The maximum absolute atomic E-state index is 6.18. The van der Waals surface area contributed by atoms with Crippen LogP contribution in [0.2, 0.25) is 0 Å². The zero-order valence-corrected chi connectivity index (χ0v) is 18.5. The van der Waals surface area contributed by atoms with E-state index in [1.165, 1.54) is 10.8 Å². The van der Waals surface area contributed by atoms with Crippen molar-refractivity contribution in [2.75, 3.05) is 19.0 Å². The van der Waals surface area contributed by atoms with E-state index in [0.29, 0.717) is 13.2 Å². The lowest BCUT2D eigenvalue weighted by atomic mass is 9.77. The van der Waals surface area contributed by atoms with E-state index >= 15 is 0 Å². The smallest absolute Gasteiger partial charge is 0.147 e. The predicted octanol–water partition coefficient (Wildman–Crippen LogP) is 2.23. The Morgan fingerprint density at radius 2 is 2.00 bits per heavy atom. The van der Waals surface area contributed by atoms with E-state index in [1.807, 2.05) is 19.2 Å². The summed E-state index contributed by atoms with van der Waals surface area (Å²) in [5, 5.41) is 8.09. The first-order valence-electron chi connectivity index (χ1n) is 10.2. The fourth-order valence-corrected chi connectivity index (χ4v) is 5.63. The van der Waals surface area contributed by atoms with Crippen LogP contribution < -0.4 is 20.5 Å². The highest BCUT2D eigenvalue weighted by Gasteiger charge is 2.44. The van der Waals surface area contributed by atoms with Gasteiger partial charge >= 0.3 is 0 Å². The monoisotopic (exact) mass is 422 g/mol. The van der Waals surface area contributed by atoms with Gasteiger partial charge < -0.3 is 10.1 Å². The molecule has 0 radical (unpaired) electrons. The van der Waals surface area contributed by atoms with E-state index in [-0.39, 0.29) is 11.5 Å². The van der Waals surface area contributed by atoms with Crippen molar-refractivity contribution in [3.05, 3.63) is 46.3 Å². The Morgan fingerprint density at radius 1 is 1.20 bits per heavy atom. The Hall–Kier alpha value is -2.42. The second-order valence-corrected chi connectivity index (χ2v) is 9.72. The van der Waals surface area contributed by atoms with Crippen LogP contribution in [0.4, 0.5) is 5.82 Å². The Labute approximate surface area is 179 Å². The highest BCUT2D eigenvalue weighted by Crippen LogP contribution is 2.40. The zero-order valence-electron chi connectivity index (χ0n) is 17.7. The number of thiophene rings is 1. The van der Waals surface area contributed by atoms with Crippen LogP contribution in [0.15, 0.2) is 35.8 Å². The number of aromatic nitrogens is 3. The summed E-state index contributed by atoms with van der Waals surface area (Å²) in [6.45, 7) is 7.80. The number of nitrogens with one attached hydrogen (secondary N) is 2. The second-order valence-electron chi connectivity index (χ2n) is 8.73. The molecule has 0 aliphatic carbocycles. The first-order valence-corrected chi connectivity index (χ1v) is 11.0. The predicted molar refractivity (Wildman–Crippen MR) is 119 cm³/mol. The summed E-state index contributed by atoms with van der Waals surface area (Å²) < 4.78 is 8.26. The molecule has 2 aliphatic rings. The number of hydrogen-bond acceptors (Lipinski definition) is 8. The highest BCUT2D eigenvalue weighted by atomic mass is 32.1. The molecule has 1 fully saturated rings. The van der Waals surface area contributed by atoms with E-state index in [1.54, 1.807) is 30.1 Å². The number of anilines is 1. The molecule has 8 heteroatoms. The maximum Gasteiger partial charge on any atom is 0.147 e. The molecule has 0 saturated carbocycles. The van der Waals surface area contributed by atoms with Crippen LogP contribution in [0.25, 0.3) is 15.8 Å². The van der Waals surface area contributed by atoms with Crippen LogP contribution >= 0.6 is 11.3 Å². The highest BCUT2D eigenvalue weighted by molar-refractivity contribution is 7.17. The van der Waals surface area contributed by atoms with Gasteiger partial charge in [-0.15, -0.1) is 11.3 Å². The molecule has 156 valence electrons. The Kier molecular flexibility index (Phi) is 4.61. The third-order valence-corrected chi connectivity index (χ3v) is 7.26. The molecule has 0 amide bonds. The standard InChI is InChI=1S/C22H26N6OS/c1-21(2)9-14-15(11-29-21)22(3,23-4)28-20-16(14)17-18(30-20)19(27-12-26-17)25-10-13-5-7-24-8-6-13/h5-8,12,15,23H,9-11H2,1-4H3,(H,25,26,27). The summed E-state index contributed by atoms with van der Waals surface area (Å²) in [7, 11) is 1.97. The quantitative estimate of drug-likeness (QED) is 0.671. The summed E-state index contributed by atoms with van der Waals surface area (Å²) in [5.41, 5.74) is 2.95. The van der Waals surface area contributed by atoms with Gasteiger partial charge in [0.1, 0.15) is 22.5 Å². The SMILES string of the molecule is CNC1(C)N=c2sc3c(NCc4ccncc4)ncnc3c2=C2CC(C)(C)OCC21. The summed E-state index contributed by atoms with van der Waals surface area (Å²) in [4.78, 5) is 18.4. The van der Waals surface area contributed by atoms with Gasteiger partial charge in [0, 0.05) is 30.1 Å². The van der Waals surface area contributed by atoms with Gasteiger partial charge in [0.25, 0.3) is 0 Å². The molecule has 2 atom stereocenters. The van der Waals surface area contributed by atoms with E-state index < -0.39 is 5.66 Å². The average molecular weight is 423 g/mol. The second kappa shape index (κ2) is 7.08. The molecule has 0 bridgehead atoms. The summed E-state index contributed by atoms with van der Waals surface area (Å²) in [6.07, 6.45) is 6.12. The molecule has 5 rings (SSSR count). The minimum Gasteiger partial charge on any atom is -0.374 e. The Morgan fingerprint density at radius 3 is 2.77 bits per heavy atom. The minimum absolute atomic E-state index is 0.184. The van der Waals surface area contributed by atoms with Crippen molar-refractivity contribution >= 4 is 32.9 Å². The Balaban J connectivity index is 1.68. The fraction of sp³-hybridized carbons (Fsp3) is 0.455. The fourth-order valence-electron chi connectivity index (χ4n) is 4.40. The molecule has 3 aromatic rings. The number of hydrogen-bond donors (Lipinski definition) is 2. The number of ether oxygens (including phenoxy) is 1. The molecule has 0 aromatic carbocycles. The molecule has 2 N–H and O–H groups in total. The van der Waals surface area contributed by atoms with Crippen LogP contribution in [0.5, 0.6) is 0 Å². The van der Waals surface area contributed by atoms with Crippen molar-refractivity contribution in [2.24, 2.45) is 10.9 Å². The van der Waals surface area contributed by atoms with Crippen LogP contribution in [0, 0.1) is 5.92 Å². The molecular weight excluding hydrogens is 396 g/mol. The number of nitrogens with zero attached hydrogens (tertiary/aromatic N) is 4. The van der Waals surface area contributed by atoms with Gasteiger partial charge in [-0.05, 0) is 57.5 Å². The van der Waals surface area contributed by atoms with Gasteiger partial charge in [0.05, 0.1) is 22.4 Å². The molecule has 5 heterocycles. The van der Waals surface area contributed by atoms with Crippen molar-refractivity contribution in [3.63, 3.8) is 0 Å². The van der Waals surface area contributed by atoms with Gasteiger partial charge in [0.15, 0.2) is 0 Å². The van der Waals surface area contributed by atoms with Crippen molar-refractivity contribution in [3.8, 4) is 0 Å². The molecule has 2 unspecified atom stereocenters. The number of fused-ring (bicyclic) bond motifs is 4. The van der Waals surface area contributed by atoms with Gasteiger partial charge in [-0.1, -0.05) is 0 Å². The number of pyridine rings is 1. The van der Waals surface area contributed by atoms with Crippen LogP contribution in [0.3, 0.4) is 0 Å². The maximum atomic E-state index is 6.18. The van der Waals surface area contributed by atoms with Crippen LogP contribution in [-0.2, 0) is 11.3 Å². The van der Waals surface area contributed by atoms with E-state index in [4.69, 9.17) is 9.73 Å². The minimum atomic E-state index is -0.391. The summed E-state index contributed by atoms with van der Waals surface area (Å²) >= 11 is 1.67. The molecule has 0 spiro atoms. The first kappa shape index (κ1) is 19.5. The van der Waals surface area contributed by atoms with Gasteiger partial charge in [-0.25, -0.2) is 9.97 Å². The lowest BCUT2D eigenvalue weighted by molar-refractivity contribution is -0.0567. The van der Waals surface area contributed by atoms with Crippen molar-refractivity contribution < 1.29 is 4.74 Å². The molecule has 7 nitrogen and oxygen atoms in total. The third-order valence-electron chi connectivity index (χ3n) is 6.18. The summed E-state index contributed by atoms with van der Waals surface area (Å²) in [5.74, 6) is 1.03. The van der Waals surface area contributed by atoms with Crippen LogP contribution in [-0.4, -0.2) is 39.9 Å². The first-order chi connectivity index (χ1) is 14.4. The largest absolute Gasteiger partial charge is 0.374 e. The topological polar surface area (TPSA) is 84.3 Å². The van der Waals surface area contributed by atoms with E-state index in [0.717, 1.165) is 32.7 Å². The zero-order chi connectivity index (χ0) is 20.9. The average Bonchev–Trinajstić information content (AvgIpc) is 3.10. The normalized spacial score (nSPS) is 24.8. The third kappa shape index (κ3) is 3.19. The molecule has 30 heavy (non-hydrogen) atoms.